The molecule has 0 aliphatic carbocycles. The Kier molecular flexibility index (Phi) is 5.65. The first kappa shape index (κ1) is 18.9. The Balaban J connectivity index is 0.00000196. The topological polar surface area (TPSA) is 64.0 Å². The van der Waals surface area contributed by atoms with Crippen molar-refractivity contribution in [3.8, 4) is 0 Å². The first-order chi connectivity index (χ1) is 12.1. The van der Waals surface area contributed by atoms with Crippen molar-refractivity contribution >= 4 is 33.5 Å². The van der Waals surface area contributed by atoms with Gasteiger partial charge < -0.3 is 5.32 Å². The monoisotopic (exact) mass is 391 g/mol. The van der Waals surface area contributed by atoms with E-state index in [1.807, 2.05) is 42.5 Å². The maximum absolute atomic E-state index is 13.0. The first-order valence-corrected chi connectivity index (χ1v) is 10.2. The van der Waals surface area contributed by atoms with Crippen LogP contribution in [0.1, 0.15) is 29.9 Å². The highest BCUT2D eigenvalue weighted by Crippen LogP contribution is 2.33. The molecule has 7 heteroatoms. The van der Waals surface area contributed by atoms with Crippen LogP contribution in [0.2, 0.25) is 0 Å². The minimum atomic E-state index is -3.52. The summed E-state index contributed by atoms with van der Waals surface area (Å²) < 4.78 is 27.4. The fourth-order valence-electron chi connectivity index (χ4n) is 3.58. The van der Waals surface area contributed by atoms with Gasteiger partial charge in [0.1, 0.15) is 0 Å². The minimum absolute atomic E-state index is 0. The Labute approximate surface area is 159 Å². The Morgan fingerprint density at radius 2 is 1.81 bits per heavy atom. The van der Waals surface area contributed by atoms with Crippen LogP contribution in [0.5, 0.6) is 0 Å². The lowest BCUT2D eigenvalue weighted by Gasteiger charge is -2.22. The lowest BCUT2D eigenvalue weighted by atomic mass is 9.90. The van der Waals surface area contributed by atoms with Crippen molar-refractivity contribution < 1.29 is 8.42 Å². The van der Waals surface area contributed by atoms with Gasteiger partial charge >= 0.3 is 0 Å². The second kappa shape index (κ2) is 7.78. The van der Waals surface area contributed by atoms with Gasteiger partial charge in [0.15, 0.2) is 5.65 Å². The van der Waals surface area contributed by atoms with E-state index in [4.69, 9.17) is 0 Å². The Hall–Kier alpha value is -1.89. The molecule has 0 amide bonds. The van der Waals surface area contributed by atoms with E-state index in [2.05, 4.69) is 10.3 Å². The summed E-state index contributed by atoms with van der Waals surface area (Å²) in [5.74, 6) is 0.348. The van der Waals surface area contributed by atoms with Crippen LogP contribution in [0.3, 0.4) is 0 Å². The van der Waals surface area contributed by atoms with Gasteiger partial charge in [-0.2, -0.15) is 0 Å². The molecule has 4 rings (SSSR count). The van der Waals surface area contributed by atoms with Crippen LogP contribution in [0.25, 0.3) is 11.0 Å². The molecule has 0 saturated carbocycles. The van der Waals surface area contributed by atoms with Crippen LogP contribution in [0, 0.1) is 0 Å². The van der Waals surface area contributed by atoms with Crippen LogP contribution in [-0.2, 0) is 15.8 Å². The third-order valence-electron chi connectivity index (χ3n) is 4.83. The number of aromatic nitrogens is 2. The molecule has 0 bridgehead atoms. The molecule has 1 aromatic carbocycles. The number of piperidine rings is 1. The molecule has 1 saturated heterocycles. The normalized spacial score (nSPS) is 15.7. The molecule has 0 spiro atoms. The number of halogens is 1. The number of fused-ring (bicyclic) bond motifs is 1. The Bertz CT molecular complexity index is 980. The quantitative estimate of drug-likeness (QED) is 0.741. The highest BCUT2D eigenvalue weighted by Gasteiger charge is 2.25. The van der Waals surface area contributed by atoms with E-state index in [1.165, 1.54) is 3.97 Å². The zero-order chi connectivity index (χ0) is 17.3. The van der Waals surface area contributed by atoms with Gasteiger partial charge in [0.2, 0.25) is 10.0 Å². The molecule has 0 radical (unpaired) electrons. The highest BCUT2D eigenvalue weighted by atomic mass is 35.5. The summed E-state index contributed by atoms with van der Waals surface area (Å²) >= 11 is 0. The van der Waals surface area contributed by atoms with E-state index >= 15 is 0 Å². The van der Waals surface area contributed by atoms with Gasteiger partial charge in [-0.15, -0.1) is 12.4 Å². The summed E-state index contributed by atoms with van der Waals surface area (Å²) in [6.45, 7) is 1.93. The predicted octanol–water partition coefficient (Wildman–Crippen LogP) is 3.30. The summed E-state index contributed by atoms with van der Waals surface area (Å²) in [6.07, 6.45) is 5.49. The van der Waals surface area contributed by atoms with E-state index in [-0.39, 0.29) is 18.2 Å². The summed E-state index contributed by atoms with van der Waals surface area (Å²) in [6, 6.07) is 13.1. The van der Waals surface area contributed by atoms with Crippen LogP contribution < -0.4 is 5.32 Å². The van der Waals surface area contributed by atoms with Crippen molar-refractivity contribution in [2.45, 2.75) is 24.5 Å². The lowest BCUT2D eigenvalue weighted by Crippen LogP contribution is -2.26. The van der Waals surface area contributed by atoms with E-state index < -0.39 is 10.0 Å². The third kappa shape index (κ3) is 3.63. The van der Waals surface area contributed by atoms with Crippen molar-refractivity contribution in [1.82, 2.24) is 14.3 Å². The first-order valence-electron chi connectivity index (χ1n) is 8.59. The van der Waals surface area contributed by atoms with E-state index in [1.54, 1.807) is 12.4 Å². The molecule has 0 unspecified atom stereocenters. The fraction of sp³-hybridized carbons (Fsp3) is 0.316. The number of hydrogen-bond acceptors (Lipinski definition) is 4. The molecule has 0 atom stereocenters. The molecular formula is C19H22ClN3O2S. The van der Waals surface area contributed by atoms with Crippen molar-refractivity contribution in [2.24, 2.45) is 0 Å². The summed E-state index contributed by atoms with van der Waals surface area (Å²) in [5, 5.41) is 4.31. The SMILES string of the molecule is Cl.O=S(=O)(Cc1ccccc1)n1cc(C2CCNCC2)c2cccnc21. The lowest BCUT2D eigenvalue weighted by molar-refractivity contribution is 0.462. The predicted molar refractivity (Wildman–Crippen MR) is 106 cm³/mol. The van der Waals surface area contributed by atoms with Gasteiger partial charge in [-0.05, 0) is 55.1 Å². The van der Waals surface area contributed by atoms with E-state index in [0.717, 1.165) is 42.4 Å². The average molecular weight is 392 g/mol. The summed E-state index contributed by atoms with van der Waals surface area (Å²) in [5.41, 5.74) is 2.41. The molecule has 5 nitrogen and oxygen atoms in total. The highest BCUT2D eigenvalue weighted by molar-refractivity contribution is 7.89. The average Bonchev–Trinajstić information content (AvgIpc) is 3.04. The molecule has 3 aromatic rings. The Morgan fingerprint density at radius 1 is 1.08 bits per heavy atom. The molecule has 1 aliphatic rings. The second-order valence-corrected chi connectivity index (χ2v) is 8.37. The van der Waals surface area contributed by atoms with Crippen molar-refractivity contribution in [3.05, 3.63) is 66.0 Å². The van der Waals surface area contributed by atoms with E-state index in [9.17, 15) is 8.42 Å². The fourth-order valence-corrected chi connectivity index (χ4v) is 5.02. The number of pyridine rings is 1. The third-order valence-corrected chi connectivity index (χ3v) is 6.41. The second-order valence-electron chi connectivity index (χ2n) is 6.52. The molecule has 3 heterocycles. The zero-order valence-corrected chi connectivity index (χ0v) is 16.0. The van der Waals surface area contributed by atoms with Gasteiger partial charge in [0.05, 0.1) is 5.75 Å². The maximum atomic E-state index is 13.0. The summed E-state index contributed by atoms with van der Waals surface area (Å²) in [4.78, 5) is 4.37. The number of hydrogen-bond donors (Lipinski definition) is 1. The standard InChI is InChI=1S/C19H21N3O2S.ClH/c23-25(24,14-15-5-2-1-3-6-15)22-13-18(16-8-11-20-12-9-16)17-7-4-10-21-19(17)22;/h1-7,10,13,16,20H,8-9,11-12,14H2;1H. The Morgan fingerprint density at radius 3 is 2.54 bits per heavy atom. The van der Waals surface area contributed by atoms with Gasteiger partial charge in [0.25, 0.3) is 0 Å². The summed E-state index contributed by atoms with van der Waals surface area (Å²) in [7, 11) is -3.52. The zero-order valence-electron chi connectivity index (χ0n) is 14.3. The van der Waals surface area contributed by atoms with Crippen LogP contribution in [-0.4, -0.2) is 30.5 Å². The molecule has 1 aliphatic heterocycles. The van der Waals surface area contributed by atoms with Gasteiger partial charge in [-0.25, -0.2) is 17.4 Å². The molecule has 1 fully saturated rings. The van der Waals surface area contributed by atoms with Crippen molar-refractivity contribution in [3.63, 3.8) is 0 Å². The maximum Gasteiger partial charge on any atom is 0.244 e. The van der Waals surface area contributed by atoms with Crippen LogP contribution in [0.4, 0.5) is 0 Å². The molecule has 2 aromatic heterocycles. The molecule has 138 valence electrons. The van der Waals surface area contributed by atoms with Gasteiger partial charge in [-0.3, -0.25) is 0 Å². The number of nitrogens with zero attached hydrogens (tertiary/aromatic N) is 2. The van der Waals surface area contributed by atoms with Gasteiger partial charge in [0, 0.05) is 17.8 Å². The number of benzene rings is 1. The number of nitrogens with one attached hydrogen (secondary N) is 1. The minimum Gasteiger partial charge on any atom is -0.317 e. The molecule has 26 heavy (non-hydrogen) atoms. The van der Waals surface area contributed by atoms with Crippen LogP contribution >= 0.6 is 12.4 Å². The molecule has 1 N–H and O–H groups in total. The smallest absolute Gasteiger partial charge is 0.244 e. The van der Waals surface area contributed by atoms with Crippen LogP contribution in [0.15, 0.2) is 54.9 Å². The van der Waals surface area contributed by atoms with Gasteiger partial charge in [-0.1, -0.05) is 30.3 Å². The number of rotatable bonds is 4. The van der Waals surface area contributed by atoms with E-state index in [0.29, 0.717) is 11.6 Å². The largest absolute Gasteiger partial charge is 0.317 e. The van der Waals surface area contributed by atoms with Crippen molar-refractivity contribution in [2.75, 3.05) is 13.1 Å². The molecular weight excluding hydrogens is 370 g/mol. The van der Waals surface area contributed by atoms with Crippen molar-refractivity contribution in [1.29, 1.82) is 0 Å².